The maximum Gasteiger partial charge on any atom is 0.257 e. The lowest BCUT2D eigenvalue weighted by atomic mass is 10.2. The molecule has 1 amide bonds. The van der Waals surface area contributed by atoms with Crippen LogP contribution in [0.5, 0.6) is 0 Å². The SMILES string of the molecule is O=C(NC(=S)Nc1cccc(Cl)c1Cl)c1cccc(F)c1. The molecule has 0 saturated carbocycles. The zero-order chi connectivity index (χ0) is 15.4. The van der Waals surface area contributed by atoms with Crippen molar-refractivity contribution >= 4 is 52.1 Å². The van der Waals surface area contributed by atoms with Crippen LogP contribution in [-0.2, 0) is 0 Å². The second-order valence-corrected chi connectivity index (χ2v) is 5.21. The van der Waals surface area contributed by atoms with Gasteiger partial charge in [0.2, 0.25) is 0 Å². The molecule has 2 aromatic carbocycles. The monoisotopic (exact) mass is 342 g/mol. The minimum Gasteiger partial charge on any atom is -0.331 e. The summed E-state index contributed by atoms with van der Waals surface area (Å²) in [6, 6.07) is 10.3. The van der Waals surface area contributed by atoms with E-state index >= 15 is 0 Å². The van der Waals surface area contributed by atoms with E-state index in [1.54, 1.807) is 18.2 Å². The molecule has 2 N–H and O–H groups in total. The minimum atomic E-state index is -0.523. The van der Waals surface area contributed by atoms with E-state index in [4.69, 9.17) is 35.4 Å². The normalized spacial score (nSPS) is 10.0. The molecule has 0 aliphatic heterocycles. The number of amides is 1. The highest BCUT2D eigenvalue weighted by atomic mass is 35.5. The number of benzene rings is 2. The predicted octanol–water partition coefficient (Wildman–Crippen LogP) is 4.26. The van der Waals surface area contributed by atoms with Gasteiger partial charge in [-0.25, -0.2) is 4.39 Å². The number of carbonyl (C=O) groups is 1. The van der Waals surface area contributed by atoms with Gasteiger partial charge in [-0.3, -0.25) is 10.1 Å². The first kappa shape index (κ1) is 15.7. The van der Waals surface area contributed by atoms with Crippen LogP contribution in [0.15, 0.2) is 42.5 Å². The number of carbonyl (C=O) groups excluding carboxylic acids is 1. The summed E-state index contributed by atoms with van der Waals surface area (Å²) in [4.78, 5) is 11.9. The van der Waals surface area contributed by atoms with E-state index in [1.165, 1.54) is 18.2 Å². The molecule has 0 fully saturated rings. The number of thiocarbonyl (C=S) groups is 1. The van der Waals surface area contributed by atoms with Gasteiger partial charge in [-0.15, -0.1) is 0 Å². The molecule has 0 aromatic heterocycles. The van der Waals surface area contributed by atoms with E-state index in [0.29, 0.717) is 15.7 Å². The zero-order valence-electron chi connectivity index (χ0n) is 10.5. The molecule has 0 unspecified atom stereocenters. The van der Waals surface area contributed by atoms with Gasteiger partial charge < -0.3 is 5.32 Å². The van der Waals surface area contributed by atoms with Crippen molar-refractivity contribution < 1.29 is 9.18 Å². The zero-order valence-corrected chi connectivity index (χ0v) is 12.8. The second-order valence-electron chi connectivity index (χ2n) is 4.02. The molecule has 7 heteroatoms. The van der Waals surface area contributed by atoms with Crippen molar-refractivity contribution in [3.05, 3.63) is 63.9 Å². The number of hydrogen-bond donors (Lipinski definition) is 2. The van der Waals surface area contributed by atoms with Crippen molar-refractivity contribution in [3.8, 4) is 0 Å². The highest BCUT2D eigenvalue weighted by Crippen LogP contribution is 2.29. The Morgan fingerprint density at radius 3 is 2.57 bits per heavy atom. The highest BCUT2D eigenvalue weighted by molar-refractivity contribution is 7.80. The number of nitrogens with one attached hydrogen (secondary N) is 2. The summed E-state index contributed by atoms with van der Waals surface area (Å²) in [5.74, 6) is -1.02. The lowest BCUT2D eigenvalue weighted by Gasteiger charge is -2.11. The third-order valence-corrected chi connectivity index (χ3v) is 3.54. The molecule has 0 heterocycles. The molecule has 2 rings (SSSR count). The Morgan fingerprint density at radius 2 is 1.86 bits per heavy atom. The van der Waals surface area contributed by atoms with Gasteiger partial charge in [-0.1, -0.05) is 35.3 Å². The molecule has 3 nitrogen and oxygen atoms in total. The molecule has 0 saturated heterocycles. The van der Waals surface area contributed by atoms with Gasteiger partial charge in [-0.2, -0.15) is 0 Å². The van der Waals surface area contributed by atoms with Gasteiger partial charge in [0, 0.05) is 5.56 Å². The molecule has 0 radical (unpaired) electrons. The predicted molar refractivity (Wildman–Crippen MR) is 86.5 cm³/mol. The topological polar surface area (TPSA) is 41.1 Å². The van der Waals surface area contributed by atoms with E-state index in [2.05, 4.69) is 10.6 Å². The third kappa shape index (κ3) is 4.14. The maximum absolute atomic E-state index is 13.0. The van der Waals surface area contributed by atoms with E-state index < -0.39 is 11.7 Å². The quantitative estimate of drug-likeness (QED) is 0.801. The molecule has 2 aromatic rings. The first-order valence-corrected chi connectivity index (χ1v) is 6.95. The van der Waals surface area contributed by atoms with Crippen LogP contribution in [0.1, 0.15) is 10.4 Å². The Bertz CT molecular complexity index is 709. The molecule has 0 aliphatic rings. The van der Waals surface area contributed by atoms with Crippen molar-refractivity contribution in [2.45, 2.75) is 0 Å². The Hall–Kier alpha value is -1.69. The van der Waals surface area contributed by atoms with Crippen molar-refractivity contribution in [2.75, 3.05) is 5.32 Å². The largest absolute Gasteiger partial charge is 0.331 e. The van der Waals surface area contributed by atoms with Crippen molar-refractivity contribution in [3.63, 3.8) is 0 Å². The molecular weight excluding hydrogens is 334 g/mol. The molecule has 0 spiro atoms. The van der Waals surface area contributed by atoms with Crippen LogP contribution in [0.4, 0.5) is 10.1 Å². The molecule has 0 bridgehead atoms. The second kappa shape index (κ2) is 6.85. The van der Waals surface area contributed by atoms with Crippen LogP contribution in [0, 0.1) is 5.82 Å². The summed E-state index contributed by atoms with van der Waals surface area (Å²) < 4.78 is 13.0. The summed E-state index contributed by atoms with van der Waals surface area (Å²) >= 11 is 16.9. The Morgan fingerprint density at radius 1 is 1.14 bits per heavy atom. The smallest absolute Gasteiger partial charge is 0.257 e. The van der Waals surface area contributed by atoms with Crippen molar-refractivity contribution in [1.29, 1.82) is 0 Å². The Balaban J connectivity index is 2.05. The standard InChI is InChI=1S/C14H9Cl2FN2OS/c15-10-5-2-6-11(12(10)16)18-14(21)19-13(20)8-3-1-4-9(17)7-8/h1-7H,(H2,18,19,20,21). The fourth-order valence-electron chi connectivity index (χ4n) is 1.56. The molecule has 108 valence electrons. The van der Waals surface area contributed by atoms with Crippen molar-refractivity contribution in [2.24, 2.45) is 0 Å². The van der Waals surface area contributed by atoms with Crippen LogP contribution in [-0.4, -0.2) is 11.0 Å². The first-order valence-electron chi connectivity index (χ1n) is 5.79. The van der Waals surface area contributed by atoms with E-state index in [1.807, 2.05) is 0 Å². The van der Waals surface area contributed by atoms with Crippen LogP contribution >= 0.6 is 35.4 Å². The summed E-state index contributed by atoms with van der Waals surface area (Å²) in [5.41, 5.74) is 0.630. The van der Waals surface area contributed by atoms with Gasteiger partial charge in [0.25, 0.3) is 5.91 Å². The Kier molecular flexibility index (Phi) is 5.12. The third-order valence-electron chi connectivity index (χ3n) is 2.51. The Labute approximate surface area is 136 Å². The van der Waals surface area contributed by atoms with Gasteiger partial charge in [0.1, 0.15) is 5.82 Å². The van der Waals surface area contributed by atoms with Crippen LogP contribution in [0.2, 0.25) is 10.0 Å². The fourth-order valence-corrected chi connectivity index (χ4v) is 2.11. The summed E-state index contributed by atoms with van der Waals surface area (Å²) in [5, 5.41) is 5.88. The molecule has 0 atom stereocenters. The first-order chi connectivity index (χ1) is 9.97. The van der Waals surface area contributed by atoms with Crippen LogP contribution in [0.3, 0.4) is 0 Å². The lowest BCUT2D eigenvalue weighted by molar-refractivity contribution is 0.0977. The fraction of sp³-hybridized carbons (Fsp3) is 0. The summed E-state index contributed by atoms with van der Waals surface area (Å²) in [6.45, 7) is 0. The average Bonchev–Trinajstić information content (AvgIpc) is 2.44. The van der Waals surface area contributed by atoms with E-state index in [9.17, 15) is 9.18 Å². The maximum atomic E-state index is 13.0. The minimum absolute atomic E-state index is 0.0356. The van der Waals surface area contributed by atoms with Crippen LogP contribution in [0.25, 0.3) is 0 Å². The van der Waals surface area contributed by atoms with Gasteiger partial charge in [-0.05, 0) is 42.5 Å². The highest BCUT2D eigenvalue weighted by Gasteiger charge is 2.10. The van der Waals surface area contributed by atoms with Crippen molar-refractivity contribution in [1.82, 2.24) is 5.32 Å². The molecule has 21 heavy (non-hydrogen) atoms. The lowest BCUT2D eigenvalue weighted by Crippen LogP contribution is -2.34. The molecular formula is C14H9Cl2FN2OS. The van der Waals surface area contributed by atoms with E-state index in [-0.39, 0.29) is 10.7 Å². The summed E-state index contributed by atoms with van der Waals surface area (Å²) in [7, 11) is 0. The van der Waals surface area contributed by atoms with Gasteiger partial charge in [0.05, 0.1) is 15.7 Å². The van der Waals surface area contributed by atoms with Gasteiger partial charge >= 0.3 is 0 Å². The average molecular weight is 343 g/mol. The summed E-state index contributed by atoms with van der Waals surface area (Å²) in [6.07, 6.45) is 0. The van der Waals surface area contributed by atoms with Crippen LogP contribution < -0.4 is 10.6 Å². The van der Waals surface area contributed by atoms with E-state index in [0.717, 1.165) is 6.07 Å². The number of rotatable bonds is 2. The number of halogens is 3. The van der Waals surface area contributed by atoms with Gasteiger partial charge in [0.15, 0.2) is 5.11 Å². The number of anilines is 1. The number of hydrogen-bond acceptors (Lipinski definition) is 2. The molecule has 0 aliphatic carbocycles.